The van der Waals surface area contributed by atoms with Crippen molar-refractivity contribution >= 4 is 0 Å². The monoisotopic (exact) mass is 190 g/mol. The molecule has 2 rings (SSSR count). The van der Waals surface area contributed by atoms with Crippen LogP contribution in [0, 0.1) is 5.92 Å². The van der Waals surface area contributed by atoms with Crippen molar-refractivity contribution in [2.24, 2.45) is 5.92 Å². The minimum absolute atomic E-state index is 0.636. The maximum atomic E-state index is 5.52. The molecule has 0 bridgehead atoms. The van der Waals surface area contributed by atoms with Gasteiger partial charge in [-0.1, -0.05) is 37.3 Å². The lowest BCUT2D eigenvalue weighted by Gasteiger charge is -2.27. The van der Waals surface area contributed by atoms with Crippen molar-refractivity contribution in [3.05, 3.63) is 35.9 Å². The first kappa shape index (κ1) is 9.72. The van der Waals surface area contributed by atoms with Crippen LogP contribution >= 0.6 is 0 Å². The van der Waals surface area contributed by atoms with Gasteiger partial charge in [-0.25, -0.2) is 0 Å². The van der Waals surface area contributed by atoms with Crippen molar-refractivity contribution in [3.8, 4) is 0 Å². The van der Waals surface area contributed by atoms with Crippen molar-refractivity contribution in [2.75, 3.05) is 13.2 Å². The van der Waals surface area contributed by atoms with Crippen LogP contribution in [0.5, 0.6) is 0 Å². The number of hydrogen-bond acceptors (Lipinski definition) is 1. The molecule has 1 aliphatic rings. The topological polar surface area (TPSA) is 9.23 Å². The molecule has 0 N–H and O–H groups in total. The normalized spacial score (nSPS) is 24.5. The van der Waals surface area contributed by atoms with Gasteiger partial charge in [0.25, 0.3) is 0 Å². The van der Waals surface area contributed by atoms with E-state index in [9.17, 15) is 0 Å². The summed E-state index contributed by atoms with van der Waals surface area (Å²) >= 11 is 0. The molecule has 0 spiro atoms. The van der Waals surface area contributed by atoms with E-state index in [0.29, 0.717) is 11.8 Å². The first-order valence-corrected chi connectivity index (χ1v) is 5.50. The maximum absolute atomic E-state index is 5.52. The largest absolute Gasteiger partial charge is 0.381 e. The van der Waals surface area contributed by atoms with E-state index in [1.54, 1.807) is 0 Å². The molecule has 1 nitrogen and oxygen atoms in total. The van der Waals surface area contributed by atoms with Gasteiger partial charge in [0.1, 0.15) is 0 Å². The van der Waals surface area contributed by atoms with Gasteiger partial charge < -0.3 is 4.74 Å². The second kappa shape index (κ2) is 4.61. The maximum Gasteiger partial charge on any atom is 0.0500 e. The van der Waals surface area contributed by atoms with Gasteiger partial charge in [0.15, 0.2) is 0 Å². The summed E-state index contributed by atoms with van der Waals surface area (Å²) in [7, 11) is 0. The molecule has 1 aliphatic heterocycles. The van der Waals surface area contributed by atoms with Crippen molar-refractivity contribution in [1.82, 2.24) is 0 Å². The fourth-order valence-electron chi connectivity index (χ4n) is 2.19. The molecule has 1 aromatic carbocycles. The third kappa shape index (κ3) is 2.16. The van der Waals surface area contributed by atoms with Crippen LogP contribution in [0.4, 0.5) is 0 Å². The van der Waals surface area contributed by atoms with E-state index in [0.717, 1.165) is 13.2 Å². The Morgan fingerprint density at radius 1 is 1.29 bits per heavy atom. The molecule has 14 heavy (non-hydrogen) atoms. The fraction of sp³-hybridized carbons (Fsp3) is 0.538. The summed E-state index contributed by atoms with van der Waals surface area (Å²) in [5.41, 5.74) is 1.45. The Bertz CT molecular complexity index is 262. The van der Waals surface area contributed by atoms with Gasteiger partial charge in [0, 0.05) is 13.2 Å². The zero-order valence-electron chi connectivity index (χ0n) is 8.78. The Labute approximate surface area is 86.1 Å². The smallest absolute Gasteiger partial charge is 0.0500 e. The minimum atomic E-state index is 0.636. The second-order valence-electron chi connectivity index (χ2n) is 4.18. The third-order valence-electron chi connectivity index (χ3n) is 3.23. The predicted molar refractivity (Wildman–Crippen MR) is 58.4 cm³/mol. The third-order valence-corrected chi connectivity index (χ3v) is 3.23. The summed E-state index contributed by atoms with van der Waals surface area (Å²) in [4.78, 5) is 0. The summed E-state index contributed by atoms with van der Waals surface area (Å²) in [6.45, 7) is 4.21. The lowest BCUT2D eigenvalue weighted by molar-refractivity contribution is 0.0463. The lowest BCUT2D eigenvalue weighted by Crippen LogP contribution is -2.22. The van der Waals surface area contributed by atoms with Gasteiger partial charge in [-0.15, -0.1) is 0 Å². The van der Waals surface area contributed by atoms with Gasteiger partial charge in [-0.3, -0.25) is 0 Å². The molecule has 1 aromatic rings. The molecular formula is C13H18O. The summed E-state index contributed by atoms with van der Waals surface area (Å²) in [6.07, 6.45) is 2.54. The summed E-state index contributed by atoms with van der Waals surface area (Å²) in [5, 5.41) is 0. The number of hydrogen-bond donors (Lipinski definition) is 0. The van der Waals surface area contributed by atoms with Crippen LogP contribution in [0.25, 0.3) is 0 Å². The highest BCUT2D eigenvalue weighted by atomic mass is 16.5. The van der Waals surface area contributed by atoms with Crippen molar-refractivity contribution in [1.29, 1.82) is 0 Å². The molecule has 0 aromatic heterocycles. The highest BCUT2D eigenvalue weighted by Gasteiger charge is 2.21. The van der Waals surface area contributed by atoms with Gasteiger partial charge in [0.2, 0.25) is 0 Å². The molecule has 1 fully saturated rings. The van der Waals surface area contributed by atoms with Crippen molar-refractivity contribution < 1.29 is 4.74 Å². The first-order chi connectivity index (χ1) is 6.88. The molecule has 0 saturated carbocycles. The van der Waals surface area contributed by atoms with Gasteiger partial charge in [-0.2, -0.15) is 0 Å². The first-order valence-electron chi connectivity index (χ1n) is 5.50. The Kier molecular flexibility index (Phi) is 3.20. The van der Waals surface area contributed by atoms with Crippen LogP contribution in [0.2, 0.25) is 0 Å². The molecule has 2 atom stereocenters. The molecule has 1 saturated heterocycles. The molecule has 2 unspecified atom stereocenters. The minimum Gasteiger partial charge on any atom is -0.381 e. The predicted octanol–water partition coefficient (Wildman–Crippen LogP) is 3.22. The van der Waals surface area contributed by atoms with Gasteiger partial charge in [0.05, 0.1) is 0 Å². The average Bonchev–Trinajstić information content (AvgIpc) is 2.30. The summed E-state index contributed by atoms with van der Waals surface area (Å²) in [6, 6.07) is 10.8. The van der Waals surface area contributed by atoms with Crippen LogP contribution in [-0.4, -0.2) is 13.2 Å². The van der Waals surface area contributed by atoms with Crippen LogP contribution in [0.3, 0.4) is 0 Å². The zero-order chi connectivity index (χ0) is 9.80. The highest BCUT2D eigenvalue weighted by molar-refractivity contribution is 5.19. The standard InChI is InChI=1S/C13H18O/c1-11(12-6-3-2-4-7-12)13-8-5-9-14-10-13/h2-4,6-7,11,13H,5,8-10H2,1H3. The number of benzene rings is 1. The Hall–Kier alpha value is -0.820. The molecule has 1 heterocycles. The van der Waals surface area contributed by atoms with Crippen LogP contribution in [0.15, 0.2) is 30.3 Å². The highest BCUT2D eigenvalue weighted by Crippen LogP contribution is 2.29. The van der Waals surface area contributed by atoms with E-state index < -0.39 is 0 Å². The number of ether oxygens (including phenoxy) is 1. The quantitative estimate of drug-likeness (QED) is 0.695. The molecule has 76 valence electrons. The van der Waals surface area contributed by atoms with Crippen LogP contribution < -0.4 is 0 Å². The van der Waals surface area contributed by atoms with Gasteiger partial charge in [-0.05, 0) is 30.2 Å². The Morgan fingerprint density at radius 3 is 2.71 bits per heavy atom. The van der Waals surface area contributed by atoms with E-state index in [4.69, 9.17) is 4.74 Å². The van der Waals surface area contributed by atoms with E-state index in [2.05, 4.69) is 37.3 Å². The zero-order valence-corrected chi connectivity index (χ0v) is 8.78. The second-order valence-corrected chi connectivity index (χ2v) is 4.18. The van der Waals surface area contributed by atoms with E-state index in [1.165, 1.54) is 18.4 Å². The van der Waals surface area contributed by atoms with Crippen molar-refractivity contribution in [2.45, 2.75) is 25.7 Å². The molecule has 0 amide bonds. The van der Waals surface area contributed by atoms with Crippen LogP contribution in [0.1, 0.15) is 31.2 Å². The fourth-order valence-corrected chi connectivity index (χ4v) is 2.19. The Balaban J connectivity index is 2.03. The molecule has 1 heteroatoms. The van der Waals surface area contributed by atoms with E-state index in [-0.39, 0.29) is 0 Å². The molecule has 0 aliphatic carbocycles. The Morgan fingerprint density at radius 2 is 2.07 bits per heavy atom. The molecule has 0 radical (unpaired) electrons. The summed E-state index contributed by atoms with van der Waals surface area (Å²) < 4.78 is 5.52. The SMILES string of the molecule is CC(c1ccccc1)C1CCCOC1. The van der Waals surface area contributed by atoms with E-state index in [1.807, 2.05) is 0 Å². The summed E-state index contributed by atoms with van der Waals surface area (Å²) in [5.74, 6) is 1.35. The number of rotatable bonds is 2. The van der Waals surface area contributed by atoms with E-state index >= 15 is 0 Å². The molecular weight excluding hydrogens is 172 g/mol. The average molecular weight is 190 g/mol. The van der Waals surface area contributed by atoms with Crippen LogP contribution in [-0.2, 0) is 4.74 Å². The van der Waals surface area contributed by atoms with Crippen molar-refractivity contribution in [3.63, 3.8) is 0 Å². The lowest BCUT2D eigenvalue weighted by atomic mass is 9.84. The van der Waals surface area contributed by atoms with Gasteiger partial charge >= 0.3 is 0 Å².